The van der Waals surface area contributed by atoms with Gasteiger partial charge < -0.3 is 8.98 Å². The first-order chi connectivity index (χ1) is 24.8. The Hall–Kier alpha value is -6.92. The summed E-state index contributed by atoms with van der Waals surface area (Å²) < 4.78 is 8.91. The Morgan fingerprint density at radius 2 is 1.02 bits per heavy atom. The summed E-state index contributed by atoms with van der Waals surface area (Å²) >= 11 is 0. The van der Waals surface area contributed by atoms with Crippen molar-refractivity contribution >= 4 is 43.7 Å². The highest BCUT2D eigenvalue weighted by Crippen LogP contribution is 2.39. The number of hydrogen-bond acceptors (Lipinski definition) is 5. The molecule has 6 heteroatoms. The maximum atomic E-state index is 6.60. The molecule has 6 nitrogen and oxygen atoms in total. The monoisotopic (exact) mass is 641 g/mol. The average molecular weight is 642 g/mol. The first kappa shape index (κ1) is 28.1. The zero-order valence-corrected chi connectivity index (χ0v) is 26.7. The lowest BCUT2D eigenvalue weighted by molar-refractivity contribution is 0.669. The van der Waals surface area contributed by atoms with Gasteiger partial charge in [0, 0.05) is 62.4 Å². The second-order valence-corrected chi connectivity index (χ2v) is 12.4. The third-order valence-electron chi connectivity index (χ3n) is 9.34. The summed E-state index contributed by atoms with van der Waals surface area (Å²) in [5.41, 5.74) is 9.84. The Kier molecular flexibility index (Phi) is 6.39. The van der Waals surface area contributed by atoms with Gasteiger partial charge in [0.05, 0.1) is 11.0 Å². The molecule has 0 amide bonds. The van der Waals surface area contributed by atoms with Gasteiger partial charge in [-0.2, -0.15) is 0 Å². The molecule has 0 atom stereocenters. The van der Waals surface area contributed by atoms with Gasteiger partial charge >= 0.3 is 0 Å². The predicted octanol–water partition coefficient (Wildman–Crippen LogP) is 10.9. The van der Waals surface area contributed by atoms with Gasteiger partial charge in [-0.05, 0) is 59.7 Å². The van der Waals surface area contributed by atoms with E-state index in [9.17, 15) is 0 Å². The number of benzene rings is 6. The fourth-order valence-electron chi connectivity index (χ4n) is 6.93. The number of pyridine rings is 1. The summed E-state index contributed by atoms with van der Waals surface area (Å²) in [6.07, 6.45) is 3.53. The molecule has 0 radical (unpaired) electrons. The summed E-state index contributed by atoms with van der Waals surface area (Å²) in [6, 6.07) is 52.2. The van der Waals surface area contributed by atoms with Crippen molar-refractivity contribution in [1.82, 2.24) is 24.5 Å². The van der Waals surface area contributed by atoms with E-state index >= 15 is 0 Å². The molecule has 234 valence electrons. The van der Waals surface area contributed by atoms with Gasteiger partial charge in [-0.25, -0.2) is 15.0 Å². The molecule has 0 spiro atoms. The quantitative estimate of drug-likeness (QED) is 0.187. The van der Waals surface area contributed by atoms with E-state index in [4.69, 9.17) is 19.4 Å². The zero-order chi connectivity index (χ0) is 33.0. The highest BCUT2D eigenvalue weighted by Gasteiger charge is 2.18. The Labute approximate surface area is 287 Å². The molecule has 0 saturated heterocycles. The molecule has 4 heterocycles. The standard InChI is InChI=1S/C44H27N5O/c1-3-10-28(11-4-1)29-17-19-30(20-18-29)42-46-43(48-44(47-42)32-12-9-23-45-27-32)31-21-22-35-37-25-36-34-15-7-8-16-38(34)49(33-13-5-2-6-14-33)39(36)26-41(37)50-40(35)24-31/h1-27H. The molecule has 0 saturated carbocycles. The lowest BCUT2D eigenvalue weighted by atomic mass is 10.0. The Balaban J connectivity index is 1.12. The number of rotatable bonds is 5. The fourth-order valence-corrected chi connectivity index (χ4v) is 6.93. The van der Waals surface area contributed by atoms with E-state index < -0.39 is 0 Å². The molecule has 0 N–H and O–H groups in total. The minimum atomic E-state index is 0.561. The lowest BCUT2D eigenvalue weighted by Crippen LogP contribution is -2.00. The van der Waals surface area contributed by atoms with E-state index in [0.717, 1.165) is 66.5 Å². The molecule has 0 aliphatic carbocycles. The third kappa shape index (κ3) is 4.65. The summed E-state index contributed by atoms with van der Waals surface area (Å²) in [6.45, 7) is 0. The third-order valence-corrected chi connectivity index (χ3v) is 9.34. The fraction of sp³-hybridized carbons (Fsp3) is 0. The van der Waals surface area contributed by atoms with Crippen LogP contribution in [0.5, 0.6) is 0 Å². The highest BCUT2D eigenvalue weighted by molar-refractivity contribution is 6.17. The van der Waals surface area contributed by atoms with Crippen LogP contribution in [0.15, 0.2) is 168 Å². The van der Waals surface area contributed by atoms with Crippen molar-refractivity contribution in [2.45, 2.75) is 0 Å². The molecule has 0 aliphatic rings. The number of nitrogens with zero attached hydrogens (tertiary/aromatic N) is 5. The molecule has 50 heavy (non-hydrogen) atoms. The van der Waals surface area contributed by atoms with Crippen LogP contribution in [-0.4, -0.2) is 24.5 Å². The van der Waals surface area contributed by atoms with Crippen molar-refractivity contribution in [2.75, 3.05) is 0 Å². The molecule has 10 rings (SSSR count). The normalized spacial score (nSPS) is 11.6. The van der Waals surface area contributed by atoms with Crippen LogP contribution in [0, 0.1) is 0 Å². The van der Waals surface area contributed by atoms with E-state index in [-0.39, 0.29) is 0 Å². The highest BCUT2D eigenvalue weighted by atomic mass is 16.3. The van der Waals surface area contributed by atoms with Crippen molar-refractivity contribution in [3.05, 3.63) is 164 Å². The van der Waals surface area contributed by atoms with Gasteiger partial charge in [0.2, 0.25) is 0 Å². The van der Waals surface area contributed by atoms with Gasteiger partial charge in [0.1, 0.15) is 11.2 Å². The number of hydrogen-bond donors (Lipinski definition) is 0. The predicted molar refractivity (Wildman–Crippen MR) is 201 cm³/mol. The van der Waals surface area contributed by atoms with Crippen molar-refractivity contribution in [3.8, 4) is 51.0 Å². The second kappa shape index (κ2) is 11.4. The first-order valence-electron chi connectivity index (χ1n) is 16.5. The molecular formula is C44H27N5O. The van der Waals surface area contributed by atoms with Gasteiger partial charge in [0.15, 0.2) is 17.5 Å². The van der Waals surface area contributed by atoms with E-state index in [2.05, 4.69) is 119 Å². The molecule has 0 unspecified atom stereocenters. The van der Waals surface area contributed by atoms with Crippen LogP contribution in [-0.2, 0) is 0 Å². The number of para-hydroxylation sites is 2. The van der Waals surface area contributed by atoms with Gasteiger partial charge in [-0.3, -0.25) is 4.98 Å². The van der Waals surface area contributed by atoms with Crippen LogP contribution in [0.2, 0.25) is 0 Å². The second-order valence-electron chi connectivity index (χ2n) is 12.4. The number of furan rings is 1. The molecule has 10 aromatic rings. The SMILES string of the molecule is c1ccc(-c2ccc(-c3nc(-c4cccnc4)nc(-c4ccc5c(c4)oc4cc6c(cc45)c4ccccc4n6-c4ccccc4)n3)cc2)cc1. The summed E-state index contributed by atoms with van der Waals surface area (Å²) in [5.74, 6) is 1.72. The van der Waals surface area contributed by atoms with Crippen LogP contribution < -0.4 is 0 Å². The van der Waals surface area contributed by atoms with Crippen molar-refractivity contribution < 1.29 is 4.42 Å². The van der Waals surface area contributed by atoms with Crippen LogP contribution in [0.4, 0.5) is 0 Å². The molecular weight excluding hydrogens is 615 g/mol. The number of fused-ring (bicyclic) bond motifs is 6. The summed E-state index contributed by atoms with van der Waals surface area (Å²) in [7, 11) is 0. The van der Waals surface area contributed by atoms with Crippen LogP contribution in [0.3, 0.4) is 0 Å². The average Bonchev–Trinajstić information content (AvgIpc) is 3.72. The minimum absolute atomic E-state index is 0.561. The smallest absolute Gasteiger partial charge is 0.165 e. The van der Waals surface area contributed by atoms with Crippen LogP contribution in [0.25, 0.3) is 94.7 Å². The Bertz CT molecular complexity index is 2840. The molecule has 6 aromatic carbocycles. The Morgan fingerprint density at radius 1 is 0.400 bits per heavy atom. The van der Waals surface area contributed by atoms with Crippen molar-refractivity contribution in [1.29, 1.82) is 0 Å². The van der Waals surface area contributed by atoms with E-state index in [1.165, 1.54) is 10.8 Å². The number of aromatic nitrogens is 5. The van der Waals surface area contributed by atoms with Gasteiger partial charge in [-0.15, -0.1) is 0 Å². The van der Waals surface area contributed by atoms with Crippen LogP contribution in [0.1, 0.15) is 0 Å². The topological polar surface area (TPSA) is 69.6 Å². The molecule has 0 aliphatic heterocycles. The lowest BCUT2D eigenvalue weighted by Gasteiger charge is -2.09. The van der Waals surface area contributed by atoms with Crippen LogP contribution >= 0.6 is 0 Å². The summed E-state index contributed by atoms with van der Waals surface area (Å²) in [5, 5.41) is 4.50. The van der Waals surface area contributed by atoms with Crippen molar-refractivity contribution in [2.24, 2.45) is 0 Å². The van der Waals surface area contributed by atoms with E-state index in [0.29, 0.717) is 17.5 Å². The first-order valence-corrected chi connectivity index (χ1v) is 16.5. The Morgan fingerprint density at radius 3 is 1.80 bits per heavy atom. The molecule has 0 bridgehead atoms. The van der Waals surface area contributed by atoms with E-state index in [1.807, 2.05) is 42.5 Å². The van der Waals surface area contributed by atoms with Gasteiger partial charge in [-0.1, -0.05) is 97.1 Å². The largest absolute Gasteiger partial charge is 0.456 e. The molecule has 4 aromatic heterocycles. The van der Waals surface area contributed by atoms with Gasteiger partial charge in [0.25, 0.3) is 0 Å². The zero-order valence-electron chi connectivity index (χ0n) is 26.7. The van der Waals surface area contributed by atoms with E-state index in [1.54, 1.807) is 12.4 Å². The summed E-state index contributed by atoms with van der Waals surface area (Å²) in [4.78, 5) is 19.1. The molecule has 0 fully saturated rings. The maximum absolute atomic E-state index is 6.60. The van der Waals surface area contributed by atoms with Crippen molar-refractivity contribution in [3.63, 3.8) is 0 Å². The maximum Gasteiger partial charge on any atom is 0.165 e. The minimum Gasteiger partial charge on any atom is -0.456 e.